The zero-order valence-electron chi connectivity index (χ0n) is 13.1. The highest BCUT2D eigenvalue weighted by Crippen LogP contribution is 2.37. The zero-order chi connectivity index (χ0) is 16.8. The molecule has 2 fully saturated rings. The number of piperidine rings is 1. The molecule has 2 saturated heterocycles. The predicted molar refractivity (Wildman–Crippen MR) is 83.5 cm³/mol. The van der Waals surface area contributed by atoms with E-state index in [0.717, 1.165) is 17.5 Å². The van der Waals surface area contributed by atoms with E-state index >= 15 is 0 Å². The molecule has 126 valence electrons. The maximum atomic E-state index is 12.3. The van der Waals surface area contributed by atoms with Crippen LogP contribution in [0.1, 0.15) is 36.2 Å². The highest BCUT2D eigenvalue weighted by molar-refractivity contribution is 7.88. The van der Waals surface area contributed by atoms with Crippen molar-refractivity contribution in [2.24, 2.45) is 7.05 Å². The highest BCUT2D eigenvalue weighted by atomic mass is 32.2. The molecule has 8 nitrogen and oxygen atoms in total. The Hall–Kier alpha value is -1.74. The van der Waals surface area contributed by atoms with E-state index in [2.05, 4.69) is 10.4 Å². The topological polar surface area (TPSA) is 101 Å². The monoisotopic (exact) mass is 340 g/mol. The summed E-state index contributed by atoms with van der Waals surface area (Å²) < 4.78 is 26.4. The molecular formula is C14H20N4O4S. The van der Waals surface area contributed by atoms with Crippen LogP contribution in [0.25, 0.3) is 0 Å². The molecule has 1 N–H and O–H groups in total. The molecule has 1 aromatic rings. The Labute approximate surface area is 134 Å². The molecule has 2 unspecified atom stereocenters. The number of fused-ring (bicyclic) bond motifs is 2. The molecule has 0 aliphatic carbocycles. The number of hydrogen-bond donors (Lipinski definition) is 1. The highest BCUT2D eigenvalue weighted by Gasteiger charge is 2.45. The molecule has 2 bridgehead atoms. The Morgan fingerprint density at radius 2 is 1.87 bits per heavy atom. The maximum absolute atomic E-state index is 12.3. The van der Waals surface area contributed by atoms with Crippen LogP contribution in [0.3, 0.4) is 0 Å². The van der Waals surface area contributed by atoms with Crippen LogP contribution in [0.5, 0.6) is 0 Å². The fraction of sp³-hybridized carbons (Fsp3) is 0.643. The molecule has 23 heavy (non-hydrogen) atoms. The van der Waals surface area contributed by atoms with Crippen molar-refractivity contribution in [1.29, 1.82) is 0 Å². The van der Waals surface area contributed by atoms with Crippen molar-refractivity contribution >= 4 is 15.9 Å². The zero-order valence-corrected chi connectivity index (χ0v) is 13.9. The molecule has 2 aliphatic heterocycles. The number of nitrogens with zero attached hydrogens (tertiary/aromatic N) is 3. The number of amides is 1. The lowest BCUT2D eigenvalue weighted by atomic mass is 9.99. The van der Waals surface area contributed by atoms with Gasteiger partial charge in [-0.2, -0.15) is 9.40 Å². The molecule has 3 rings (SSSR count). The van der Waals surface area contributed by atoms with Gasteiger partial charge in [0.25, 0.3) is 11.5 Å². The third-order valence-corrected chi connectivity index (χ3v) is 5.94. The van der Waals surface area contributed by atoms with Crippen molar-refractivity contribution in [3.63, 3.8) is 0 Å². The average Bonchev–Trinajstić information content (AvgIpc) is 2.74. The Balaban J connectivity index is 1.70. The van der Waals surface area contributed by atoms with Gasteiger partial charge in [0.1, 0.15) is 5.69 Å². The lowest BCUT2D eigenvalue weighted by Crippen LogP contribution is -2.52. The smallest absolute Gasteiger partial charge is 0.271 e. The summed E-state index contributed by atoms with van der Waals surface area (Å²) in [4.78, 5) is 23.6. The second-order valence-electron chi connectivity index (χ2n) is 6.30. The van der Waals surface area contributed by atoms with Gasteiger partial charge in [-0.05, 0) is 31.7 Å². The van der Waals surface area contributed by atoms with Crippen molar-refractivity contribution in [2.45, 2.75) is 43.8 Å². The van der Waals surface area contributed by atoms with E-state index < -0.39 is 10.0 Å². The molecule has 1 amide bonds. The second-order valence-corrected chi connectivity index (χ2v) is 8.19. The summed E-state index contributed by atoms with van der Waals surface area (Å²) in [5.74, 6) is -0.335. The summed E-state index contributed by atoms with van der Waals surface area (Å²) in [6, 6.07) is 2.55. The second kappa shape index (κ2) is 5.72. The molecule has 9 heteroatoms. The van der Waals surface area contributed by atoms with Crippen LogP contribution in [0.4, 0.5) is 0 Å². The average molecular weight is 340 g/mol. The van der Waals surface area contributed by atoms with Gasteiger partial charge >= 0.3 is 0 Å². The fourth-order valence-electron chi connectivity index (χ4n) is 3.68. The summed E-state index contributed by atoms with van der Waals surface area (Å²) in [6.45, 7) is 0. The molecule has 0 aromatic carbocycles. The van der Waals surface area contributed by atoms with E-state index in [1.807, 2.05) is 0 Å². The van der Waals surface area contributed by atoms with Crippen LogP contribution in [-0.4, -0.2) is 52.8 Å². The van der Waals surface area contributed by atoms with Gasteiger partial charge in [0.2, 0.25) is 10.0 Å². The van der Waals surface area contributed by atoms with Gasteiger partial charge in [-0.1, -0.05) is 0 Å². The molecule has 0 spiro atoms. The lowest BCUT2D eigenvalue weighted by Gasteiger charge is -2.37. The molecular weight excluding hydrogens is 320 g/mol. The van der Waals surface area contributed by atoms with Crippen LogP contribution in [0.2, 0.25) is 0 Å². The van der Waals surface area contributed by atoms with Gasteiger partial charge in [-0.15, -0.1) is 0 Å². The van der Waals surface area contributed by atoms with Crippen molar-refractivity contribution in [3.8, 4) is 0 Å². The molecule has 3 heterocycles. The quantitative estimate of drug-likeness (QED) is 0.797. The Morgan fingerprint density at radius 3 is 2.39 bits per heavy atom. The van der Waals surface area contributed by atoms with Gasteiger partial charge in [-0.25, -0.2) is 13.1 Å². The van der Waals surface area contributed by atoms with Gasteiger partial charge in [0, 0.05) is 31.2 Å². The van der Waals surface area contributed by atoms with Gasteiger partial charge in [-0.3, -0.25) is 9.59 Å². The van der Waals surface area contributed by atoms with E-state index in [-0.39, 0.29) is 35.3 Å². The first kappa shape index (κ1) is 16.1. The Bertz CT molecular complexity index is 774. The third-order valence-electron chi connectivity index (χ3n) is 4.58. The first-order valence-electron chi connectivity index (χ1n) is 7.59. The van der Waals surface area contributed by atoms with E-state index in [1.165, 1.54) is 25.4 Å². The number of nitrogens with one attached hydrogen (secondary N) is 1. The first-order valence-corrected chi connectivity index (χ1v) is 9.44. The van der Waals surface area contributed by atoms with Gasteiger partial charge in [0.05, 0.1) is 6.26 Å². The Kier molecular flexibility index (Phi) is 4.01. The largest absolute Gasteiger partial charge is 0.348 e. The van der Waals surface area contributed by atoms with Gasteiger partial charge in [0.15, 0.2) is 0 Å². The van der Waals surface area contributed by atoms with E-state index in [9.17, 15) is 18.0 Å². The summed E-state index contributed by atoms with van der Waals surface area (Å²) in [6.07, 6.45) is 4.14. The van der Waals surface area contributed by atoms with E-state index in [0.29, 0.717) is 12.8 Å². The molecule has 1 aromatic heterocycles. The number of rotatable bonds is 3. The normalized spacial score (nSPS) is 27.8. The maximum Gasteiger partial charge on any atom is 0.271 e. The minimum absolute atomic E-state index is 0.0397. The van der Waals surface area contributed by atoms with Crippen LogP contribution in [0.15, 0.2) is 16.9 Å². The minimum Gasteiger partial charge on any atom is -0.348 e. The number of carbonyl (C=O) groups is 1. The van der Waals surface area contributed by atoms with E-state index in [1.54, 1.807) is 4.31 Å². The molecule has 0 saturated carbocycles. The summed E-state index contributed by atoms with van der Waals surface area (Å²) in [7, 11) is -1.72. The standard InChI is InChI=1S/C14H20N4O4S/c1-17-13(19)6-5-12(16-17)14(20)15-9-7-10-3-4-11(8-9)18(10)23(2,21)22/h5-6,9-11H,3-4,7-8H2,1-2H3,(H,15,20). The number of sulfonamides is 1. The van der Waals surface area contributed by atoms with Crippen LogP contribution >= 0.6 is 0 Å². The Morgan fingerprint density at radius 1 is 1.26 bits per heavy atom. The summed E-state index contributed by atoms with van der Waals surface area (Å²) >= 11 is 0. The van der Waals surface area contributed by atoms with Crippen LogP contribution < -0.4 is 10.9 Å². The summed E-state index contributed by atoms with van der Waals surface area (Å²) in [5.41, 5.74) is -0.0916. The number of hydrogen-bond acceptors (Lipinski definition) is 5. The number of aromatic nitrogens is 2. The van der Waals surface area contributed by atoms with Gasteiger partial charge < -0.3 is 5.32 Å². The van der Waals surface area contributed by atoms with Crippen molar-refractivity contribution in [2.75, 3.05) is 6.26 Å². The first-order chi connectivity index (χ1) is 10.8. The fourth-order valence-corrected chi connectivity index (χ4v) is 5.14. The summed E-state index contributed by atoms with van der Waals surface area (Å²) in [5, 5.41) is 6.85. The van der Waals surface area contributed by atoms with E-state index in [4.69, 9.17) is 0 Å². The number of aryl methyl sites for hydroxylation is 1. The third kappa shape index (κ3) is 3.16. The van der Waals surface area contributed by atoms with Crippen LogP contribution in [-0.2, 0) is 17.1 Å². The lowest BCUT2D eigenvalue weighted by molar-refractivity contribution is 0.0902. The molecule has 2 atom stereocenters. The van der Waals surface area contributed by atoms with Crippen molar-refractivity contribution in [1.82, 2.24) is 19.4 Å². The number of carbonyl (C=O) groups excluding carboxylic acids is 1. The SMILES string of the molecule is Cn1nc(C(=O)NC2CC3CCC(C2)N3S(C)(=O)=O)ccc1=O. The van der Waals surface area contributed by atoms with Crippen LogP contribution in [0, 0.1) is 0 Å². The predicted octanol–water partition coefficient (Wildman–Crippen LogP) is -0.535. The minimum atomic E-state index is -3.21. The van der Waals surface area contributed by atoms with Crippen molar-refractivity contribution in [3.05, 3.63) is 28.2 Å². The van der Waals surface area contributed by atoms with Crippen molar-refractivity contribution < 1.29 is 13.2 Å². The molecule has 0 radical (unpaired) electrons. The molecule has 2 aliphatic rings.